The largest absolute Gasteiger partial charge is 0.379 e. The van der Waals surface area contributed by atoms with Crippen molar-refractivity contribution in [2.45, 2.75) is 46.1 Å². The maximum atomic E-state index is 12.2. The first-order valence-electron chi connectivity index (χ1n) is 7.90. The Bertz CT molecular complexity index is 653. The van der Waals surface area contributed by atoms with E-state index in [1.54, 1.807) is 12.3 Å². The van der Waals surface area contributed by atoms with Crippen LogP contribution in [0.5, 0.6) is 0 Å². The number of hydrogen-bond acceptors (Lipinski definition) is 3. The average Bonchev–Trinajstić information content (AvgIpc) is 2.46. The highest BCUT2D eigenvalue weighted by Crippen LogP contribution is 2.18. The van der Waals surface area contributed by atoms with E-state index >= 15 is 0 Å². The molecule has 1 aromatic heterocycles. The van der Waals surface area contributed by atoms with Gasteiger partial charge in [0.05, 0.1) is 11.9 Å². The SMILES string of the molecule is CC(C)c1ccc(NC(=O)c2ccc(NC(C)(C)C)cn2)cc1. The van der Waals surface area contributed by atoms with Crippen LogP contribution in [-0.4, -0.2) is 16.4 Å². The van der Waals surface area contributed by atoms with E-state index < -0.39 is 0 Å². The van der Waals surface area contributed by atoms with Crippen LogP contribution in [0.4, 0.5) is 11.4 Å². The molecule has 0 unspecified atom stereocenters. The minimum atomic E-state index is -0.204. The van der Waals surface area contributed by atoms with Crippen molar-refractivity contribution >= 4 is 17.3 Å². The Labute approximate surface area is 138 Å². The third-order valence-corrected chi connectivity index (χ3v) is 3.35. The smallest absolute Gasteiger partial charge is 0.274 e. The van der Waals surface area contributed by atoms with Gasteiger partial charge >= 0.3 is 0 Å². The van der Waals surface area contributed by atoms with E-state index in [4.69, 9.17) is 0 Å². The molecule has 1 heterocycles. The summed E-state index contributed by atoms with van der Waals surface area (Å²) in [6.07, 6.45) is 1.68. The first-order valence-corrected chi connectivity index (χ1v) is 7.90. The predicted octanol–water partition coefficient (Wildman–Crippen LogP) is 4.67. The molecule has 0 radical (unpaired) electrons. The summed E-state index contributed by atoms with van der Waals surface area (Å²) < 4.78 is 0. The molecule has 0 saturated carbocycles. The molecule has 122 valence electrons. The van der Waals surface area contributed by atoms with Gasteiger partial charge in [0.25, 0.3) is 5.91 Å². The summed E-state index contributed by atoms with van der Waals surface area (Å²) in [6.45, 7) is 10.5. The lowest BCUT2D eigenvalue weighted by Crippen LogP contribution is -2.26. The summed E-state index contributed by atoms with van der Waals surface area (Å²) in [7, 11) is 0. The van der Waals surface area contributed by atoms with Crippen molar-refractivity contribution in [3.05, 3.63) is 53.9 Å². The molecule has 1 amide bonds. The van der Waals surface area contributed by atoms with Crippen molar-refractivity contribution in [1.82, 2.24) is 4.98 Å². The summed E-state index contributed by atoms with van der Waals surface area (Å²) in [5.41, 5.74) is 3.29. The van der Waals surface area contributed by atoms with Gasteiger partial charge in [0.2, 0.25) is 0 Å². The third kappa shape index (κ3) is 5.09. The number of pyridine rings is 1. The standard InChI is InChI=1S/C19H25N3O/c1-13(2)14-6-8-15(9-7-14)21-18(23)17-11-10-16(12-20-17)22-19(3,4)5/h6-13,22H,1-5H3,(H,21,23). The van der Waals surface area contributed by atoms with E-state index in [0.29, 0.717) is 11.6 Å². The number of carbonyl (C=O) groups is 1. The molecule has 0 bridgehead atoms. The van der Waals surface area contributed by atoms with Crippen LogP contribution in [-0.2, 0) is 0 Å². The minimum Gasteiger partial charge on any atom is -0.379 e. The molecule has 2 N–H and O–H groups in total. The van der Waals surface area contributed by atoms with Gasteiger partial charge in [0.15, 0.2) is 0 Å². The molecule has 0 aliphatic rings. The Morgan fingerprint density at radius 1 is 1.00 bits per heavy atom. The second-order valence-corrected chi connectivity index (χ2v) is 7.04. The van der Waals surface area contributed by atoms with Gasteiger partial charge in [0.1, 0.15) is 5.69 Å². The highest BCUT2D eigenvalue weighted by atomic mass is 16.1. The lowest BCUT2D eigenvalue weighted by molar-refractivity contribution is 0.102. The minimum absolute atomic E-state index is 0.0381. The van der Waals surface area contributed by atoms with Crippen LogP contribution in [0.2, 0.25) is 0 Å². The molecule has 0 aliphatic heterocycles. The van der Waals surface area contributed by atoms with Gasteiger partial charge in [-0.1, -0.05) is 26.0 Å². The number of benzene rings is 1. The van der Waals surface area contributed by atoms with E-state index in [1.165, 1.54) is 5.56 Å². The Morgan fingerprint density at radius 3 is 2.09 bits per heavy atom. The predicted molar refractivity (Wildman–Crippen MR) is 96.1 cm³/mol. The molecule has 2 rings (SSSR count). The molecule has 0 atom stereocenters. The van der Waals surface area contributed by atoms with Crippen molar-refractivity contribution in [2.24, 2.45) is 0 Å². The molecule has 0 fully saturated rings. The number of nitrogens with one attached hydrogen (secondary N) is 2. The molecule has 0 spiro atoms. The topological polar surface area (TPSA) is 54.0 Å². The summed E-state index contributed by atoms with van der Waals surface area (Å²) in [6, 6.07) is 11.5. The number of amides is 1. The molecule has 0 aliphatic carbocycles. The van der Waals surface area contributed by atoms with E-state index in [1.807, 2.05) is 30.3 Å². The number of nitrogens with zero attached hydrogens (tertiary/aromatic N) is 1. The molecule has 2 aromatic rings. The second-order valence-electron chi connectivity index (χ2n) is 7.04. The highest BCUT2D eigenvalue weighted by molar-refractivity contribution is 6.02. The quantitative estimate of drug-likeness (QED) is 0.863. The Morgan fingerprint density at radius 2 is 1.61 bits per heavy atom. The first kappa shape index (κ1) is 17.0. The number of rotatable bonds is 4. The first-order chi connectivity index (χ1) is 10.7. The van der Waals surface area contributed by atoms with Crippen molar-refractivity contribution in [3.8, 4) is 0 Å². The fourth-order valence-corrected chi connectivity index (χ4v) is 2.18. The summed E-state index contributed by atoms with van der Waals surface area (Å²) in [4.78, 5) is 16.5. The zero-order valence-electron chi connectivity index (χ0n) is 14.5. The molecular weight excluding hydrogens is 286 g/mol. The van der Waals surface area contributed by atoms with Crippen LogP contribution in [0, 0.1) is 0 Å². The monoisotopic (exact) mass is 311 g/mol. The Kier molecular flexibility index (Phi) is 5.04. The average molecular weight is 311 g/mol. The summed E-state index contributed by atoms with van der Waals surface area (Å²) in [5.74, 6) is 0.272. The van der Waals surface area contributed by atoms with Crippen molar-refractivity contribution < 1.29 is 4.79 Å². The van der Waals surface area contributed by atoms with Gasteiger partial charge in [-0.3, -0.25) is 4.79 Å². The van der Waals surface area contributed by atoms with Crippen molar-refractivity contribution in [1.29, 1.82) is 0 Å². The fraction of sp³-hybridized carbons (Fsp3) is 0.368. The lowest BCUT2D eigenvalue weighted by atomic mass is 10.0. The molecule has 1 aromatic carbocycles. The van der Waals surface area contributed by atoms with E-state index in [9.17, 15) is 4.79 Å². The Balaban J connectivity index is 2.03. The van der Waals surface area contributed by atoms with E-state index in [2.05, 4.69) is 50.2 Å². The maximum Gasteiger partial charge on any atom is 0.274 e. The third-order valence-electron chi connectivity index (χ3n) is 3.35. The molecule has 0 saturated heterocycles. The van der Waals surface area contributed by atoms with Crippen LogP contribution in [0.3, 0.4) is 0 Å². The van der Waals surface area contributed by atoms with Crippen LogP contribution in [0.25, 0.3) is 0 Å². The van der Waals surface area contributed by atoms with E-state index in [0.717, 1.165) is 11.4 Å². The Hall–Kier alpha value is -2.36. The van der Waals surface area contributed by atoms with Gasteiger partial charge in [-0.25, -0.2) is 4.98 Å². The van der Waals surface area contributed by atoms with Gasteiger partial charge in [-0.2, -0.15) is 0 Å². The van der Waals surface area contributed by atoms with Crippen LogP contribution >= 0.6 is 0 Å². The van der Waals surface area contributed by atoms with Gasteiger partial charge in [0, 0.05) is 11.2 Å². The maximum absolute atomic E-state index is 12.2. The number of carbonyl (C=O) groups excluding carboxylic acids is 1. The van der Waals surface area contributed by atoms with Crippen molar-refractivity contribution in [2.75, 3.05) is 10.6 Å². The van der Waals surface area contributed by atoms with E-state index in [-0.39, 0.29) is 11.4 Å². The number of hydrogen-bond donors (Lipinski definition) is 2. The van der Waals surface area contributed by atoms with Gasteiger partial charge < -0.3 is 10.6 Å². The van der Waals surface area contributed by atoms with Crippen LogP contribution in [0.15, 0.2) is 42.6 Å². The summed E-state index contributed by atoms with van der Waals surface area (Å²) >= 11 is 0. The zero-order chi connectivity index (χ0) is 17.0. The summed E-state index contributed by atoms with van der Waals surface area (Å²) in [5, 5.41) is 6.19. The van der Waals surface area contributed by atoms with Crippen LogP contribution in [0.1, 0.15) is 56.6 Å². The fourth-order valence-electron chi connectivity index (χ4n) is 2.18. The number of anilines is 2. The van der Waals surface area contributed by atoms with Crippen LogP contribution < -0.4 is 10.6 Å². The second kappa shape index (κ2) is 6.82. The van der Waals surface area contributed by atoms with Gasteiger partial charge in [-0.15, -0.1) is 0 Å². The highest BCUT2D eigenvalue weighted by Gasteiger charge is 2.11. The molecule has 4 heteroatoms. The molecule has 4 nitrogen and oxygen atoms in total. The normalized spacial score (nSPS) is 11.4. The van der Waals surface area contributed by atoms with Crippen molar-refractivity contribution in [3.63, 3.8) is 0 Å². The lowest BCUT2D eigenvalue weighted by Gasteiger charge is -2.21. The van der Waals surface area contributed by atoms with Gasteiger partial charge in [-0.05, 0) is 56.5 Å². The zero-order valence-corrected chi connectivity index (χ0v) is 14.5. The molecule has 23 heavy (non-hydrogen) atoms. The molecular formula is C19H25N3O. The number of aromatic nitrogens is 1.